The van der Waals surface area contributed by atoms with E-state index < -0.39 is 6.09 Å². The molecule has 2 aliphatic heterocycles. The maximum atomic E-state index is 10.8. The Hall–Kier alpha value is -1.71. The van der Waals surface area contributed by atoms with E-state index in [2.05, 4.69) is 26.0 Å². The molecule has 3 rings (SSSR count). The van der Waals surface area contributed by atoms with Gasteiger partial charge in [-0.05, 0) is 43.9 Å². The van der Waals surface area contributed by atoms with Gasteiger partial charge < -0.3 is 14.7 Å². The molecule has 1 N–H and O–H groups in total. The molecule has 0 unspecified atom stereocenters. The molecule has 0 spiro atoms. The minimum absolute atomic E-state index is 0.0783. The van der Waals surface area contributed by atoms with E-state index in [4.69, 9.17) is 9.84 Å². The molecule has 1 aromatic rings. The molecular weight excluding hydrogens is 242 g/mol. The van der Waals surface area contributed by atoms with Crippen molar-refractivity contribution in [3.8, 4) is 5.75 Å². The van der Waals surface area contributed by atoms with Crippen molar-refractivity contribution in [2.45, 2.75) is 38.2 Å². The summed E-state index contributed by atoms with van der Waals surface area (Å²) in [5.74, 6) is 1.32. The minimum atomic E-state index is -0.820. The average molecular weight is 261 g/mol. The van der Waals surface area contributed by atoms with Crippen LogP contribution in [-0.2, 0) is 6.42 Å². The molecule has 0 atom stereocenters. The number of aryl methyl sites for hydroxylation is 1. The SMILES string of the molecule is CC1(C)CCc2cc(C3CN(C(=O)O)C3)ccc2O1. The van der Waals surface area contributed by atoms with Gasteiger partial charge in [0.25, 0.3) is 0 Å². The van der Waals surface area contributed by atoms with Crippen LogP contribution in [0.4, 0.5) is 4.79 Å². The molecule has 1 fully saturated rings. The topological polar surface area (TPSA) is 49.8 Å². The van der Waals surface area contributed by atoms with E-state index in [1.165, 1.54) is 16.0 Å². The fraction of sp³-hybridized carbons (Fsp3) is 0.533. The van der Waals surface area contributed by atoms with Crippen molar-refractivity contribution in [2.75, 3.05) is 13.1 Å². The molecule has 0 aliphatic carbocycles. The van der Waals surface area contributed by atoms with Gasteiger partial charge in [-0.25, -0.2) is 4.79 Å². The number of benzene rings is 1. The Morgan fingerprint density at radius 2 is 2.16 bits per heavy atom. The lowest BCUT2D eigenvalue weighted by molar-refractivity contribution is 0.0841. The molecule has 1 aromatic carbocycles. The van der Waals surface area contributed by atoms with Crippen molar-refractivity contribution in [2.24, 2.45) is 0 Å². The van der Waals surface area contributed by atoms with Crippen LogP contribution in [0.5, 0.6) is 5.75 Å². The second kappa shape index (κ2) is 4.15. The lowest BCUT2D eigenvalue weighted by atomic mass is 9.87. The number of amides is 1. The van der Waals surface area contributed by atoms with E-state index in [1.807, 2.05) is 6.07 Å². The Morgan fingerprint density at radius 3 is 2.84 bits per heavy atom. The number of carbonyl (C=O) groups is 1. The van der Waals surface area contributed by atoms with Gasteiger partial charge in [0.15, 0.2) is 0 Å². The van der Waals surface area contributed by atoms with Crippen molar-refractivity contribution in [3.05, 3.63) is 29.3 Å². The van der Waals surface area contributed by atoms with E-state index in [1.54, 1.807) is 0 Å². The largest absolute Gasteiger partial charge is 0.488 e. The van der Waals surface area contributed by atoms with Crippen LogP contribution in [-0.4, -0.2) is 34.8 Å². The van der Waals surface area contributed by atoms with E-state index in [-0.39, 0.29) is 5.60 Å². The van der Waals surface area contributed by atoms with Crippen LogP contribution >= 0.6 is 0 Å². The van der Waals surface area contributed by atoms with Crippen molar-refractivity contribution >= 4 is 6.09 Å². The van der Waals surface area contributed by atoms with Crippen LogP contribution in [0.25, 0.3) is 0 Å². The molecule has 0 saturated carbocycles. The Morgan fingerprint density at radius 1 is 1.42 bits per heavy atom. The third-order valence-corrected chi connectivity index (χ3v) is 4.09. The van der Waals surface area contributed by atoms with Crippen molar-refractivity contribution in [1.29, 1.82) is 0 Å². The quantitative estimate of drug-likeness (QED) is 0.845. The van der Waals surface area contributed by atoms with E-state index >= 15 is 0 Å². The number of hydrogen-bond donors (Lipinski definition) is 1. The highest BCUT2D eigenvalue weighted by Crippen LogP contribution is 2.36. The lowest BCUT2D eigenvalue weighted by Crippen LogP contribution is -2.47. The Labute approximate surface area is 113 Å². The minimum Gasteiger partial charge on any atom is -0.488 e. The summed E-state index contributed by atoms with van der Waals surface area (Å²) >= 11 is 0. The van der Waals surface area contributed by atoms with Crippen LogP contribution in [0.2, 0.25) is 0 Å². The van der Waals surface area contributed by atoms with Crippen LogP contribution in [0, 0.1) is 0 Å². The van der Waals surface area contributed by atoms with Gasteiger partial charge in [-0.2, -0.15) is 0 Å². The molecular formula is C15H19NO3. The highest BCUT2D eigenvalue weighted by atomic mass is 16.5. The fourth-order valence-corrected chi connectivity index (χ4v) is 2.78. The molecule has 102 valence electrons. The van der Waals surface area contributed by atoms with E-state index in [0.29, 0.717) is 19.0 Å². The third-order valence-electron chi connectivity index (χ3n) is 4.09. The summed E-state index contributed by atoms with van der Waals surface area (Å²) in [6.45, 7) is 5.45. The summed E-state index contributed by atoms with van der Waals surface area (Å²) in [6.07, 6.45) is 1.24. The number of hydrogen-bond acceptors (Lipinski definition) is 2. The zero-order valence-electron chi connectivity index (χ0n) is 11.3. The van der Waals surface area contributed by atoms with Gasteiger partial charge in [0.05, 0.1) is 0 Å². The molecule has 0 radical (unpaired) electrons. The first-order chi connectivity index (χ1) is 8.94. The molecule has 4 nitrogen and oxygen atoms in total. The Kier molecular flexibility index (Phi) is 2.69. The highest BCUT2D eigenvalue weighted by Gasteiger charge is 2.33. The van der Waals surface area contributed by atoms with Crippen molar-refractivity contribution in [3.63, 3.8) is 0 Å². The first-order valence-electron chi connectivity index (χ1n) is 6.74. The normalized spacial score (nSPS) is 21.3. The van der Waals surface area contributed by atoms with E-state index in [0.717, 1.165) is 18.6 Å². The van der Waals surface area contributed by atoms with Gasteiger partial charge in [0.1, 0.15) is 11.4 Å². The van der Waals surface area contributed by atoms with Gasteiger partial charge >= 0.3 is 6.09 Å². The monoisotopic (exact) mass is 261 g/mol. The van der Waals surface area contributed by atoms with Crippen LogP contribution in [0.15, 0.2) is 18.2 Å². The zero-order chi connectivity index (χ0) is 13.6. The molecule has 1 amide bonds. The Bertz CT molecular complexity index is 518. The van der Waals surface area contributed by atoms with E-state index in [9.17, 15) is 4.79 Å². The predicted molar refractivity (Wildman–Crippen MR) is 71.8 cm³/mol. The lowest BCUT2D eigenvalue weighted by Gasteiger charge is -2.38. The summed E-state index contributed by atoms with van der Waals surface area (Å²) in [5, 5.41) is 8.85. The number of carboxylic acid groups (broad SMARTS) is 1. The summed E-state index contributed by atoms with van der Waals surface area (Å²) < 4.78 is 5.96. The van der Waals surface area contributed by atoms with Crippen molar-refractivity contribution in [1.82, 2.24) is 4.90 Å². The van der Waals surface area contributed by atoms with Crippen molar-refractivity contribution < 1.29 is 14.6 Å². The van der Waals surface area contributed by atoms with Gasteiger partial charge in [-0.15, -0.1) is 0 Å². The highest BCUT2D eigenvalue weighted by molar-refractivity contribution is 5.66. The molecule has 19 heavy (non-hydrogen) atoms. The number of rotatable bonds is 1. The third kappa shape index (κ3) is 2.27. The standard InChI is InChI=1S/C15H19NO3/c1-15(2)6-5-11-7-10(3-4-13(11)19-15)12-8-16(9-12)14(17)18/h3-4,7,12H,5-6,8-9H2,1-2H3,(H,17,18). The first-order valence-corrected chi connectivity index (χ1v) is 6.74. The maximum absolute atomic E-state index is 10.8. The number of likely N-dealkylation sites (tertiary alicyclic amines) is 1. The molecule has 1 saturated heterocycles. The first kappa shape index (κ1) is 12.3. The van der Waals surface area contributed by atoms with Crippen LogP contribution in [0.3, 0.4) is 0 Å². The molecule has 4 heteroatoms. The van der Waals surface area contributed by atoms with Gasteiger partial charge in [0, 0.05) is 19.0 Å². The average Bonchev–Trinajstić information content (AvgIpc) is 2.26. The summed E-state index contributed by atoms with van der Waals surface area (Å²) in [4.78, 5) is 12.2. The summed E-state index contributed by atoms with van der Waals surface area (Å²) in [7, 11) is 0. The van der Waals surface area contributed by atoms with Gasteiger partial charge in [0.2, 0.25) is 0 Å². The number of ether oxygens (including phenoxy) is 1. The van der Waals surface area contributed by atoms with Gasteiger partial charge in [-0.3, -0.25) is 0 Å². The summed E-state index contributed by atoms with van der Waals surface area (Å²) in [6, 6.07) is 6.30. The smallest absolute Gasteiger partial charge is 0.407 e. The predicted octanol–water partition coefficient (Wildman–Crippen LogP) is 2.87. The summed E-state index contributed by atoms with van der Waals surface area (Å²) in [5.41, 5.74) is 2.41. The second-order valence-electron chi connectivity index (χ2n) is 6.11. The molecule has 2 aliphatic rings. The number of nitrogens with zero attached hydrogens (tertiary/aromatic N) is 1. The number of fused-ring (bicyclic) bond motifs is 1. The Balaban J connectivity index is 1.75. The second-order valence-corrected chi connectivity index (χ2v) is 6.11. The molecule has 0 bridgehead atoms. The molecule has 2 heterocycles. The zero-order valence-corrected chi connectivity index (χ0v) is 11.3. The fourth-order valence-electron chi connectivity index (χ4n) is 2.78. The molecule has 0 aromatic heterocycles. The maximum Gasteiger partial charge on any atom is 0.407 e. The van der Waals surface area contributed by atoms with Crippen LogP contribution in [0.1, 0.15) is 37.3 Å². The van der Waals surface area contributed by atoms with Gasteiger partial charge in [-0.1, -0.05) is 12.1 Å². The van der Waals surface area contributed by atoms with Crippen LogP contribution < -0.4 is 4.74 Å².